The van der Waals surface area contributed by atoms with Gasteiger partial charge in [-0.25, -0.2) is 18.4 Å². The first-order chi connectivity index (χ1) is 9.86. The Labute approximate surface area is 120 Å². The highest BCUT2D eigenvalue weighted by molar-refractivity contribution is 7.89. The molecule has 1 aliphatic carbocycles. The molecule has 3 N–H and O–H groups in total. The Balaban J connectivity index is 1.98. The number of hydrogen-bond acceptors (Lipinski definition) is 4. The summed E-state index contributed by atoms with van der Waals surface area (Å²) in [5.74, 6) is 0.123. The number of sulfonamides is 1. The molecule has 1 aliphatic rings. The molecule has 0 aliphatic heterocycles. The smallest absolute Gasteiger partial charge is 0.299 e. The standard InChI is InChI=1S/C13H13N3O4S/c14-21(19,20)11-7-16(13(18)15-12(11)17)6-9-5-8-3-1-2-4-10(8)9/h1-4,7,9H,5-6H2,(H2,14,19,20)(H,15,17,18). The van der Waals surface area contributed by atoms with Crippen molar-refractivity contribution >= 4 is 10.0 Å². The average molecular weight is 307 g/mol. The Morgan fingerprint density at radius 2 is 2.00 bits per heavy atom. The van der Waals surface area contributed by atoms with Gasteiger partial charge in [-0.2, -0.15) is 0 Å². The van der Waals surface area contributed by atoms with Crippen molar-refractivity contribution < 1.29 is 8.42 Å². The third-order valence-electron chi connectivity index (χ3n) is 3.66. The Hall–Kier alpha value is -2.19. The Kier molecular flexibility index (Phi) is 3.07. The summed E-state index contributed by atoms with van der Waals surface area (Å²) in [5.41, 5.74) is 0.712. The molecule has 2 aromatic rings. The van der Waals surface area contributed by atoms with Crippen LogP contribution >= 0.6 is 0 Å². The lowest BCUT2D eigenvalue weighted by Crippen LogP contribution is -2.36. The SMILES string of the molecule is NS(=O)(=O)c1cn(CC2Cc3ccccc32)c(=O)[nH]c1=O. The van der Waals surface area contributed by atoms with E-state index in [4.69, 9.17) is 5.14 Å². The fourth-order valence-corrected chi connectivity index (χ4v) is 3.17. The molecule has 1 heterocycles. The number of H-pyrrole nitrogens is 1. The summed E-state index contributed by atoms with van der Waals surface area (Å²) in [4.78, 5) is 24.6. The number of rotatable bonds is 3. The van der Waals surface area contributed by atoms with E-state index in [1.165, 1.54) is 10.1 Å². The maximum atomic E-state index is 11.8. The van der Waals surface area contributed by atoms with Gasteiger partial charge < -0.3 is 0 Å². The normalized spacial score (nSPS) is 17.1. The molecule has 21 heavy (non-hydrogen) atoms. The number of nitrogens with one attached hydrogen (secondary N) is 1. The Morgan fingerprint density at radius 3 is 2.67 bits per heavy atom. The molecule has 110 valence electrons. The van der Waals surface area contributed by atoms with Crippen molar-refractivity contribution in [3.05, 3.63) is 62.4 Å². The molecule has 1 unspecified atom stereocenters. The van der Waals surface area contributed by atoms with Gasteiger partial charge in [-0.1, -0.05) is 24.3 Å². The van der Waals surface area contributed by atoms with Gasteiger partial charge in [0, 0.05) is 18.7 Å². The first kappa shape index (κ1) is 13.8. The van der Waals surface area contributed by atoms with Crippen molar-refractivity contribution in [2.75, 3.05) is 0 Å². The molecule has 1 aromatic carbocycles. The molecule has 0 saturated heterocycles. The maximum absolute atomic E-state index is 11.8. The zero-order chi connectivity index (χ0) is 15.2. The Bertz CT molecular complexity index is 927. The van der Waals surface area contributed by atoms with Crippen molar-refractivity contribution in [3.8, 4) is 0 Å². The minimum Gasteiger partial charge on any atom is -0.299 e. The van der Waals surface area contributed by atoms with Gasteiger partial charge in [-0.15, -0.1) is 0 Å². The van der Waals surface area contributed by atoms with Gasteiger partial charge in [0.2, 0.25) is 10.0 Å². The minimum absolute atomic E-state index is 0.123. The van der Waals surface area contributed by atoms with Crippen molar-refractivity contribution in [1.82, 2.24) is 9.55 Å². The quantitative estimate of drug-likeness (QED) is 0.797. The second kappa shape index (κ2) is 4.68. The molecule has 8 heteroatoms. The van der Waals surface area contributed by atoms with Gasteiger partial charge in [-0.05, 0) is 17.5 Å². The van der Waals surface area contributed by atoms with Gasteiger partial charge in [-0.3, -0.25) is 14.3 Å². The lowest BCUT2D eigenvalue weighted by Gasteiger charge is -2.30. The first-order valence-electron chi connectivity index (χ1n) is 6.30. The summed E-state index contributed by atoms with van der Waals surface area (Å²) < 4.78 is 23.8. The van der Waals surface area contributed by atoms with Crippen LogP contribution in [0.15, 0.2) is 44.9 Å². The lowest BCUT2D eigenvalue weighted by molar-refractivity contribution is 0.485. The molecular weight excluding hydrogens is 294 g/mol. The van der Waals surface area contributed by atoms with Crippen molar-refractivity contribution in [3.63, 3.8) is 0 Å². The van der Waals surface area contributed by atoms with Crippen LogP contribution in [0, 0.1) is 0 Å². The number of fused-ring (bicyclic) bond motifs is 1. The first-order valence-corrected chi connectivity index (χ1v) is 7.85. The highest BCUT2D eigenvalue weighted by Crippen LogP contribution is 2.35. The van der Waals surface area contributed by atoms with Crippen molar-refractivity contribution in [2.45, 2.75) is 23.8 Å². The third-order valence-corrected chi connectivity index (χ3v) is 4.57. The van der Waals surface area contributed by atoms with Gasteiger partial charge in [0.05, 0.1) is 0 Å². The van der Waals surface area contributed by atoms with Crippen LogP contribution in [0.25, 0.3) is 0 Å². The maximum Gasteiger partial charge on any atom is 0.328 e. The van der Waals surface area contributed by atoms with Crippen LogP contribution in [0.1, 0.15) is 17.0 Å². The number of aromatic nitrogens is 2. The molecule has 0 bridgehead atoms. The highest BCUT2D eigenvalue weighted by atomic mass is 32.2. The molecule has 1 atom stereocenters. The molecule has 3 rings (SSSR count). The van der Waals surface area contributed by atoms with E-state index in [0.717, 1.165) is 18.2 Å². The minimum atomic E-state index is -4.16. The fraction of sp³-hybridized carbons (Fsp3) is 0.231. The summed E-state index contributed by atoms with van der Waals surface area (Å²) in [6.07, 6.45) is 1.82. The number of aromatic amines is 1. The van der Waals surface area contributed by atoms with Gasteiger partial charge in [0.25, 0.3) is 5.56 Å². The van der Waals surface area contributed by atoms with E-state index < -0.39 is 26.2 Å². The zero-order valence-corrected chi connectivity index (χ0v) is 11.8. The molecule has 0 spiro atoms. The van der Waals surface area contributed by atoms with Crippen LogP contribution in [-0.2, 0) is 23.0 Å². The molecule has 0 amide bonds. The molecular formula is C13H13N3O4S. The topological polar surface area (TPSA) is 115 Å². The van der Waals surface area contributed by atoms with Crippen LogP contribution in [0.4, 0.5) is 0 Å². The van der Waals surface area contributed by atoms with Crippen LogP contribution in [0.3, 0.4) is 0 Å². The van der Waals surface area contributed by atoms with Crippen molar-refractivity contribution in [1.29, 1.82) is 0 Å². The summed E-state index contributed by atoms with van der Waals surface area (Å²) in [5, 5.41) is 4.97. The van der Waals surface area contributed by atoms with Gasteiger partial charge >= 0.3 is 5.69 Å². The predicted molar refractivity (Wildman–Crippen MR) is 75.6 cm³/mol. The van der Waals surface area contributed by atoms with E-state index in [-0.39, 0.29) is 5.92 Å². The van der Waals surface area contributed by atoms with Gasteiger partial charge in [0.1, 0.15) is 0 Å². The highest BCUT2D eigenvalue weighted by Gasteiger charge is 2.26. The average Bonchev–Trinajstić information content (AvgIpc) is 2.36. The number of nitrogens with two attached hydrogens (primary N) is 1. The molecule has 1 aromatic heterocycles. The number of primary sulfonamides is 1. The molecule has 0 fully saturated rings. The van der Waals surface area contributed by atoms with Gasteiger partial charge in [0.15, 0.2) is 4.90 Å². The van der Waals surface area contributed by atoms with E-state index in [2.05, 4.69) is 0 Å². The second-order valence-electron chi connectivity index (χ2n) is 5.05. The second-order valence-corrected chi connectivity index (χ2v) is 6.58. The zero-order valence-electron chi connectivity index (χ0n) is 10.9. The number of hydrogen-bond donors (Lipinski definition) is 2. The summed E-state index contributed by atoms with van der Waals surface area (Å²) in [6.45, 7) is 0.301. The van der Waals surface area contributed by atoms with E-state index in [0.29, 0.717) is 6.54 Å². The van der Waals surface area contributed by atoms with E-state index in [9.17, 15) is 18.0 Å². The summed E-state index contributed by atoms with van der Waals surface area (Å²) in [7, 11) is -4.16. The largest absolute Gasteiger partial charge is 0.328 e. The molecule has 0 radical (unpaired) electrons. The lowest BCUT2D eigenvalue weighted by atomic mass is 9.77. The van der Waals surface area contributed by atoms with E-state index in [1.54, 1.807) is 0 Å². The third kappa shape index (κ3) is 2.43. The van der Waals surface area contributed by atoms with Crippen molar-refractivity contribution in [2.24, 2.45) is 5.14 Å². The number of nitrogens with zero attached hydrogens (tertiary/aromatic N) is 1. The molecule has 7 nitrogen and oxygen atoms in total. The van der Waals surface area contributed by atoms with E-state index >= 15 is 0 Å². The van der Waals surface area contributed by atoms with Crippen LogP contribution in [0.5, 0.6) is 0 Å². The summed E-state index contributed by atoms with van der Waals surface area (Å²) >= 11 is 0. The van der Waals surface area contributed by atoms with Crippen LogP contribution in [0.2, 0.25) is 0 Å². The fourth-order valence-electron chi connectivity index (χ4n) is 2.59. The molecule has 0 saturated carbocycles. The number of benzene rings is 1. The predicted octanol–water partition coefficient (Wildman–Crippen LogP) is -0.476. The summed E-state index contributed by atoms with van der Waals surface area (Å²) in [6, 6.07) is 7.84. The Morgan fingerprint density at radius 1 is 1.29 bits per heavy atom. The van der Waals surface area contributed by atoms with Crippen LogP contribution in [-0.4, -0.2) is 18.0 Å². The van der Waals surface area contributed by atoms with E-state index in [1.807, 2.05) is 29.2 Å². The van der Waals surface area contributed by atoms with Crippen LogP contribution < -0.4 is 16.4 Å². The monoisotopic (exact) mass is 307 g/mol.